The summed E-state index contributed by atoms with van der Waals surface area (Å²) in [5, 5.41) is 21.2. The van der Waals surface area contributed by atoms with E-state index in [1.807, 2.05) is 35.7 Å². The van der Waals surface area contributed by atoms with Gasteiger partial charge in [0.1, 0.15) is 11.5 Å². The summed E-state index contributed by atoms with van der Waals surface area (Å²) in [7, 11) is 3.31. The van der Waals surface area contributed by atoms with Crippen molar-refractivity contribution in [1.29, 1.82) is 0 Å². The fourth-order valence-corrected chi connectivity index (χ4v) is 7.02. The van der Waals surface area contributed by atoms with Crippen LogP contribution < -0.4 is 9.47 Å². The maximum atomic E-state index is 11.0. The van der Waals surface area contributed by atoms with E-state index in [0.717, 1.165) is 34.1 Å². The Labute approximate surface area is 139 Å². The molecular formula is C16H22O4S2. The van der Waals surface area contributed by atoms with Gasteiger partial charge in [-0.25, -0.2) is 0 Å². The molecule has 0 bridgehead atoms. The second-order valence-electron chi connectivity index (χ2n) is 5.91. The highest BCUT2D eigenvalue weighted by Crippen LogP contribution is 2.63. The average molecular weight is 342 g/mol. The predicted octanol–water partition coefficient (Wildman–Crippen LogP) is 2.39. The average Bonchev–Trinajstić information content (AvgIpc) is 2.94. The molecule has 1 aliphatic carbocycles. The molecule has 1 aliphatic heterocycles. The second kappa shape index (κ2) is 5.82. The van der Waals surface area contributed by atoms with Crippen molar-refractivity contribution in [2.24, 2.45) is 0 Å². The third-order valence-corrected chi connectivity index (χ3v) is 8.02. The number of hydrogen-bond acceptors (Lipinski definition) is 6. The summed E-state index contributed by atoms with van der Waals surface area (Å²) in [4.78, 5) is 0. The Hall–Kier alpha value is -0.560. The van der Waals surface area contributed by atoms with Gasteiger partial charge < -0.3 is 19.7 Å². The predicted molar refractivity (Wildman–Crippen MR) is 91.1 cm³/mol. The number of fused-ring (bicyclic) bond motifs is 2. The van der Waals surface area contributed by atoms with E-state index >= 15 is 0 Å². The maximum Gasteiger partial charge on any atom is 0.124 e. The summed E-state index contributed by atoms with van der Waals surface area (Å²) in [5.74, 6) is 3.65. The van der Waals surface area contributed by atoms with Crippen molar-refractivity contribution >= 4 is 23.5 Å². The van der Waals surface area contributed by atoms with Crippen LogP contribution in [0.2, 0.25) is 0 Å². The fraction of sp³-hybridized carbons (Fsp3) is 0.625. The van der Waals surface area contributed by atoms with E-state index in [1.54, 1.807) is 21.1 Å². The lowest BCUT2D eigenvalue weighted by atomic mass is 9.76. The van der Waals surface area contributed by atoms with Gasteiger partial charge in [0.05, 0.1) is 30.0 Å². The van der Waals surface area contributed by atoms with Gasteiger partial charge in [-0.1, -0.05) is 0 Å². The molecule has 0 aromatic heterocycles. The lowest BCUT2D eigenvalue weighted by molar-refractivity contribution is -0.0773. The van der Waals surface area contributed by atoms with Gasteiger partial charge in [-0.3, -0.25) is 0 Å². The fourth-order valence-electron chi connectivity index (χ4n) is 3.42. The smallest absolute Gasteiger partial charge is 0.124 e. The molecular weight excluding hydrogens is 320 g/mol. The maximum absolute atomic E-state index is 11.0. The molecule has 4 nitrogen and oxygen atoms in total. The third-order valence-electron chi connectivity index (χ3n) is 4.61. The minimum Gasteiger partial charge on any atom is -0.496 e. The number of ether oxygens (including phenoxy) is 2. The molecule has 2 N–H and O–H groups in total. The third kappa shape index (κ3) is 2.40. The molecule has 122 valence electrons. The largest absolute Gasteiger partial charge is 0.496 e. The highest BCUT2D eigenvalue weighted by atomic mass is 32.2. The lowest BCUT2D eigenvalue weighted by Gasteiger charge is -2.45. The number of thioether (sulfide) groups is 2. The molecule has 0 amide bonds. The van der Waals surface area contributed by atoms with E-state index in [9.17, 15) is 10.2 Å². The molecule has 6 heteroatoms. The highest BCUT2D eigenvalue weighted by Gasteiger charge is 2.53. The number of hydrogen-bond donors (Lipinski definition) is 2. The van der Waals surface area contributed by atoms with Crippen LogP contribution in [0.5, 0.6) is 11.5 Å². The van der Waals surface area contributed by atoms with E-state index in [-0.39, 0.29) is 4.08 Å². The standard InChI is InChI=1S/C16H22O4S2/c1-10(17)15(18)8-11-12(19-2)4-5-13(20-3)14(11)16(9-15)21-6-7-22-16/h4-5,10,17-18H,6-9H2,1-3H3. The van der Waals surface area contributed by atoms with Gasteiger partial charge in [-0.15, -0.1) is 23.5 Å². The summed E-state index contributed by atoms with van der Waals surface area (Å²) in [5.41, 5.74) is 0.933. The van der Waals surface area contributed by atoms with Gasteiger partial charge in [-0.05, 0) is 19.1 Å². The lowest BCUT2D eigenvalue weighted by Crippen LogP contribution is -2.50. The van der Waals surface area contributed by atoms with Gasteiger partial charge in [0.25, 0.3) is 0 Å². The van der Waals surface area contributed by atoms with Crippen molar-refractivity contribution in [3.05, 3.63) is 23.3 Å². The minimum atomic E-state index is -1.14. The molecule has 1 saturated heterocycles. The first-order chi connectivity index (χ1) is 10.5. The van der Waals surface area contributed by atoms with Gasteiger partial charge in [0.2, 0.25) is 0 Å². The second-order valence-corrected chi connectivity index (χ2v) is 8.95. The van der Waals surface area contributed by atoms with Crippen LogP contribution in [0.15, 0.2) is 12.1 Å². The zero-order chi connectivity index (χ0) is 16.0. The van der Waals surface area contributed by atoms with Crippen molar-refractivity contribution in [2.45, 2.75) is 35.5 Å². The Morgan fingerprint density at radius 3 is 2.27 bits per heavy atom. The Morgan fingerprint density at radius 1 is 1.14 bits per heavy atom. The molecule has 1 spiro atoms. The summed E-state index contributed by atoms with van der Waals surface area (Å²) < 4.78 is 10.8. The molecule has 0 radical (unpaired) electrons. The molecule has 2 aliphatic rings. The van der Waals surface area contributed by atoms with Gasteiger partial charge >= 0.3 is 0 Å². The van der Waals surface area contributed by atoms with Gasteiger partial charge in [0, 0.05) is 35.5 Å². The van der Waals surface area contributed by atoms with E-state index in [2.05, 4.69) is 0 Å². The van der Waals surface area contributed by atoms with Crippen molar-refractivity contribution < 1.29 is 19.7 Å². The zero-order valence-electron chi connectivity index (χ0n) is 13.1. The van der Waals surface area contributed by atoms with Crippen molar-refractivity contribution in [3.63, 3.8) is 0 Å². The number of aliphatic hydroxyl groups excluding tert-OH is 1. The Kier molecular flexibility index (Phi) is 4.31. The molecule has 0 saturated carbocycles. The minimum absolute atomic E-state index is 0.279. The van der Waals surface area contributed by atoms with Crippen LogP contribution in [0, 0.1) is 0 Å². The van der Waals surface area contributed by atoms with Gasteiger partial charge in [-0.2, -0.15) is 0 Å². The van der Waals surface area contributed by atoms with Crippen LogP contribution >= 0.6 is 23.5 Å². The zero-order valence-corrected chi connectivity index (χ0v) is 14.7. The quantitative estimate of drug-likeness (QED) is 0.880. The first-order valence-electron chi connectivity index (χ1n) is 7.38. The molecule has 3 rings (SSSR count). The monoisotopic (exact) mass is 342 g/mol. The topological polar surface area (TPSA) is 58.9 Å². The van der Waals surface area contributed by atoms with Gasteiger partial charge in [0.15, 0.2) is 0 Å². The molecule has 22 heavy (non-hydrogen) atoms. The summed E-state index contributed by atoms with van der Waals surface area (Å²) in [6, 6.07) is 3.81. The molecule has 1 fully saturated rings. The number of rotatable bonds is 3. The first-order valence-corrected chi connectivity index (χ1v) is 9.35. The number of benzene rings is 1. The Bertz CT molecular complexity index is 570. The summed E-state index contributed by atoms with van der Waals surface area (Å²) >= 11 is 3.67. The van der Waals surface area contributed by atoms with Crippen LogP contribution in [-0.2, 0) is 10.5 Å². The van der Waals surface area contributed by atoms with Crippen LogP contribution in [0.3, 0.4) is 0 Å². The van der Waals surface area contributed by atoms with Crippen molar-refractivity contribution in [2.75, 3.05) is 25.7 Å². The van der Waals surface area contributed by atoms with E-state index in [4.69, 9.17) is 9.47 Å². The van der Waals surface area contributed by atoms with Crippen LogP contribution in [0.4, 0.5) is 0 Å². The van der Waals surface area contributed by atoms with Crippen molar-refractivity contribution in [3.8, 4) is 11.5 Å². The molecule has 2 unspecified atom stereocenters. The first kappa shape index (κ1) is 16.3. The van der Waals surface area contributed by atoms with Crippen LogP contribution in [-0.4, -0.2) is 47.6 Å². The Morgan fingerprint density at radius 2 is 1.73 bits per heavy atom. The molecule has 1 aromatic carbocycles. The molecule has 1 aromatic rings. The Balaban J connectivity index is 2.23. The summed E-state index contributed by atoms with van der Waals surface area (Å²) in [6.45, 7) is 1.66. The van der Waals surface area contributed by atoms with Crippen LogP contribution in [0.25, 0.3) is 0 Å². The molecule has 1 heterocycles. The highest BCUT2D eigenvalue weighted by molar-refractivity contribution is 8.20. The van der Waals surface area contributed by atoms with Crippen molar-refractivity contribution in [1.82, 2.24) is 0 Å². The van der Waals surface area contributed by atoms with E-state index in [1.165, 1.54) is 0 Å². The number of aliphatic hydroxyl groups is 2. The van der Waals surface area contributed by atoms with Crippen LogP contribution in [0.1, 0.15) is 24.5 Å². The summed E-state index contributed by atoms with van der Waals surface area (Å²) in [6.07, 6.45) is 0.0995. The SMILES string of the molecule is COc1ccc(OC)c2c1CC(O)(C(C)O)CC21SCCS1. The molecule has 2 atom stereocenters. The van der Waals surface area contributed by atoms with E-state index < -0.39 is 11.7 Å². The number of methoxy groups -OCH3 is 2. The normalized spacial score (nSPS) is 27.5. The van der Waals surface area contributed by atoms with E-state index in [0.29, 0.717) is 12.8 Å².